The van der Waals surface area contributed by atoms with E-state index in [0.717, 1.165) is 0 Å². The largest absolute Gasteiger partial charge is 0.396 e. The lowest BCUT2D eigenvalue weighted by atomic mass is 10.2. The lowest BCUT2D eigenvalue weighted by Crippen LogP contribution is -1.78. The molecule has 0 radical (unpaired) electrons. The Labute approximate surface area is 54.7 Å². The first-order valence-corrected chi connectivity index (χ1v) is 2.68. The van der Waals surface area contributed by atoms with Gasteiger partial charge < -0.3 is 5.11 Å². The van der Waals surface area contributed by atoms with E-state index in [9.17, 15) is 0 Å². The maximum Gasteiger partial charge on any atom is 0.0988 e. The summed E-state index contributed by atoms with van der Waals surface area (Å²) in [4.78, 5) is 0. The Balaban J connectivity index is 3.80. The zero-order valence-electron chi connectivity index (χ0n) is 5.17. The molecule has 0 aliphatic rings. The second kappa shape index (κ2) is 5.07. The summed E-state index contributed by atoms with van der Waals surface area (Å²) in [6.07, 6.45) is 3.64. The standard InChI is InChI=1S/C7H9NO/c1-2-7(6-8)4-3-5-9/h2,4,9H,1,3,5H2/b7-4-. The summed E-state index contributed by atoms with van der Waals surface area (Å²) >= 11 is 0. The number of aliphatic hydroxyl groups is 1. The van der Waals surface area contributed by atoms with Crippen LogP contribution in [0.4, 0.5) is 0 Å². The number of hydrogen-bond acceptors (Lipinski definition) is 2. The molecule has 0 spiro atoms. The van der Waals surface area contributed by atoms with Crippen LogP contribution < -0.4 is 0 Å². The van der Waals surface area contributed by atoms with Crippen LogP contribution in [0.3, 0.4) is 0 Å². The molecule has 0 saturated carbocycles. The van der Waals surface area contributed by atoms with Gasteiger partial charge in [-0.3, -0.25) is 0 Å². The third-order valence-corrected chi connectivity index (χ3v) is 0.842. The van der Waals surface area contributed by atoms with Crippen molar-refractivity contribution in [3.63, 3.8) is 0 Å². The van der Waals surface area contributed by atoms with E-state index in [1.165, 1.54) is 6.08 Å². The van der Waals surface area contributed by atoms with Crippen LogP contribution in [0.15, 0.2) is 24.3 Å². The van der Waals surface area contributed by atoms with Crippen LogP contribution in [0.2, 0.25) is 0 Å². The first-order valence-electron chi connectivity index (χ1n) is 2.68. The Bertz CT molecular complexity index is 153. The monoisotopic (exact) mass is 123 g/mol. The van der Waals surface area contributed by atoms with Gasteiger partial charge in [0.15, 0.2) is 0 Å². The number of hydrogen-bond donors (Lipinski definition) is 1. The topological polar surface area (TPSA) is 44.0 Å². The Morgan fingerprint density at radius 1 is 1.78 bits per heavy atom. The van der Waals surface area contributed by atoms with Gasteiger partial charge in [0, 0.05) is 12.2 Å². The summed E-state index contributed by atoms with van der Waals surface area (Å²) in [5.74, 6) is 0. The molecular formula is C7H9NO. The van der Waals surface area contributed by atoms with Gasteiger partial charge in [0.1, 0.15) is 0 Å². The Morgan fingerprint density at radius 2 is 2.44 bits per heavy atom. The smallest absolute Gasteiger partial charge is 0.0988 e. The molecule has 0 saturated heterocycles. The highest BCUT2D eigenvalue weighted by molar-refractivity contribution is 5.30. The molecule has 48 valence electrons. The highest BCUT2D eigenvalue weighted by Gasteiger charge is 1.83. The van der Waals surface area contributed by atoms with Gasteiger partial charge in [-0.15, -0.1) is 0 Å². The highest BCUT2D eigenvalue weighted by atomic mass is 16.2. The zero-order chi connectivity index (χ0) is 7.11. The van der Waals surface area contributed by atoms with E-state index < -0.39 is 0 Å². The number of allylic oxidation sites excluding steroid dienone is 2. The second-order valence-electron chi connectivity index (χ2n) is 1.49. The van der Waals surface area contributed by atoms with E-state index in [1.54, 1.807) is 6.08 Å². The molecule has 0 aromatic rings. The van der Waals surface area contributed by atoms with Crippen LogP contribution in [-0.4, -0.2) is 11.7 Å². The maximum atomic E-state index is 8.32. The van der Waals surface area contributed by atoms with Gasteiger partial charge >= 0.3 is 0 Å². The number of aliphatic hydroxyl groups excluding tert-OH is 1. The molecule has 1 N–H and O–H groups in total. The highest BCUT2D eigenvalue weighted by Crippen LogP contribution is 1.93. The average molecular weight is 123 g/mol. The van der Waals surface area contributed by atoms with Gasteiger partial charge in [0.25, 0.3) is 0 Å². The molecule has 0 atom stereocenters. The van der Waals surface area contributed by atoms with Gasteiger partial charge in [-0.1, -0.05) is 18.7 Å². The quantitative estimate of drug-likeness (QED) is 0.449. The van der Waals surface area contributed by atoms with Crippen molar-refractivity contribution in [3.8, 4) is 6.07 Å². The van der Waals surface area contributed by atoms with E-state index in [4.69, 9.17) is 10.4 Å². The van der Waals surface area contributed by atoms with Crippen LogP contribution in [0.25, 0.3) is 0 Å². The minimum absolute atomic E-state index is 0.0824. The van der Waals surface area contributed by atoms with Gasteiger partial charge in [0.05, 0.1) is 6.07 Å². The Morgan fingerprint density at radius 3 is 2.78 bits per heavy atom. The van der Waals surface area contributed by atoms with Crippen LogP contribution in [-0.2, 0) is 0 Å². The number of nitriles is 1. The number of nitrogens with zero attached hydrogens (tertiary/aromatic N) is 1. The fourth-order valence-corrected chi connectivity index (χ4v) is 0.395. The van der Waals surface area contributed by atoms with E-state index in [0.29, 0.717) is 12.0 Å². The molecular weight excluding hydrogens is 114 g/mol. The molecule has 2 nitrogen and oxygen atoms in total. The lowest BCUT2D eigenvalue weighted by molar-refractivity contribution is 0.302. The fraction of sp³-hybridized carbons (Fsp3) is 0.286. The molecule has 0 unspecified atom stereocenters. The molecule has 0 aliphatic heterocycles. The Hall–Kier alpha value is -1.07. The predicted octanol–water partition coefficient (Wildman–Crippen LogP) is 1.00. The molecule has 0 amide bonds. The van der Waals surface area contributed by atoms with Crippen LogP contribution >= 0.6 is 0 Å². The molecule has 0 heterocycles. The van der Waals surface area contributed by atoms with Gasteiger partial charge in [-0.05, 0) is 6.42 Å². The molecule has 9 heavy (non-hydrogen) atoms. The van der Waals surface area contributed by atoms with Crippen LogP contribution in [0.1, 0.15) is 6.42 Å². The first-order chi connectivity index (χ1) is 4.35. The summed E-state index contributed by atoms with van der Waals surface area (Å²) in [7, 11) is 0. The average Bonchev–Trinajstić information content (AvgIpc) is 1.91. The van der Waals surface area contributed by atoms with E-state index in [-0.39, 0.29) is 6.61 Å². The predicted molar refractivity (Wildman–Crippen MR) is 35.6 cm³/mol. The third kappa shape index (κ3) is 3.51. The second-order valence-corrected chi connectivity index (χ2v) is 1.49. The zero-order valence-corrected chi connectivity index (χ0v) is 5.17. The lowest BCUT2D eigenvalue weighted by Gasteiger charge is -1.84. The SMILES string of the molecule is C=C/C(C#N)=C/CCO. The maximum absolute atomic E-state index is 8.32. The van der Waals surface area contributed by atoms with E-state index in [2.05, 4.69) is 6.58 Å². The van der Waals surface area contributed by atoms with Crippen molar-refractivity contribution in [2.45, 2.75) is 6.42 Å². The molecule has 0 aliphatic carbocycles. The van der Waals surface area contributed by atoms with Crippen molar-refractivity contribution in [3.05, 3.63) is 24.3 Å². The van der Waals surface area contributed by atoms with E-state index in [1.807, 2.05) is 6.07 Å². The molecule has 0 aromatic carbocycles. The van der Waals surface area contributed by atoms with Gasteiger partial charge in [-0.2, -0.15) is 5.26 Å². The van der Waals surface area contributed by atoms with Crippen molar-refractivity contribution < 1.29 is 5.11 Å². The summed E-state index contributed by atoms with van der Waals surface area (Å²) in [6.45, 7) is 3.49. The first kappa shape index (κ1) is 7.93. The van der Waals surface area contributed by atoms with Crippen molar-refractivity contribution in [2.24, 2.45) is 0 Å². The summed E-state index contributed by atoms with van der Waals surface area (Å²) < 4.78 is 0. The molecule has 0 rings (SSSR count). The van der Waals surface area contributed by atoms with Gasteiger partial charge in [0.2, 0.25) is 0 Å². The van der Waals surface area contributed by atoms with Crippen LogP contribution in [0.5, 0.6) is 0 Å². The fourth-order valence-electron chi connectivity index (χ4n) is 0.395. The minimum atomic E-state index is 0.0824. The normalized spacial score (nSPS) is 10.4. The summed E-state index contributed by atoms with van der Waals surface area (Å²) in [6, 6.07) is 1.92. The van der Waals surface area contributed by atoms with E-state index >= 15 is 0 Å². The van der Waals surface area contributed by atoms with Crippen LogP contribution in [0, 0.1) is 11.3 Å². The van der Waals surface area contributed by atoms with Crippen molar-refractivity contribution >= 4 is 0 Å². The molecule has 0 fully saturated rings. The van der Waals surface area contributed by atoms with Crippen molar-refractivity contribution in [1.29, 1.82) is 5.26 Å². The minimum Gasteiger partial charge on any atom is -0.396 e. The van der Waals surface area contributed by atoms with Crippen molar-refractivity contribution in [2.75, 3.05) is 6.61 Å². The number of rotatable bonds is 3. The third-order valence-electron chi connectivity index (χ3n) is 0.842. The molecule has 0 aromatic heterocycles. The van der Waals surface area contributed by atoms with Gasteiger partial charge in [-0.25, -0.2) is 0 Å². The van der Waals surface area contributed by atoms with Crippen molar-refractivity contribution in [1.82, 2.24) is 0 Å². The Kier molecular flexibility index (Phi) is 4.47. The molecule has 0 bridgehead atoms. The summed E-state index contributed by atoms with van der Waals surface area (Å²) in [5.41, 5.74) is 0.518. The summed E-state index contributed by atoms with van der Waals surface area (Å²) in [5, 5.41) is 16.6. The molecule has 2 heteroatoms.